The van der Waals surface area contributed by atoms with Crippen molar-refractivity contribution < 1.29 is 0 Å². The lowest BCUT2D eigenvalue weighted by Crippen LogP contribution is -2.21. The van der Waals surface area contributed by atoms with Crippen molar-refractivity contribution in [3.05, 3.63) is 35.4 Å². The van der Waals surface area contributed by atoms with Gasteiger partial charge in [0.15, 0.2) is 0 Å². The van der Waals surface area contributed by atoms with Crippen LogP contribution in [0.5, 0.6) is 0 Å². The molecule has 5 aliphatic rings. The number of hydrogen-bond acceptors (Lipinski definition) is 0. The van der Waals surface area contributed by atoms with Crippen molar-refractivity contribution in [2.45, 2.75) is 188 Å². The molecule has 0 bridgehead atoms. The van der Waals surface area contributed by atoms with Crippen molar-refractivity contribution >= 4 is 0 Å². The molecule has 256 valence electrons. The van der Waals surface area contributed by atoms with E-state index in [1.54, 1.807) is 36.8 Å². The Morgan fingerprint density at radius 1 is 0.356 bits per heavy atom. The molecule has 1 aromatic carbocycles. The fourth-order valence-electron chi connectivity index (χ4n) is 10.6. The minimum atomic E-state index is 0.944. The van der Waals surface area contributed by atoms with Gasteiger partial charge in [-0.25, -0.2) is 0 Å². The topological polar surface area (TPSA) is 0 Å². The van der Waals surface area contributed by atoms with Crippen LogP contribution < -0.4 is 0 Å². The van der Waals surface area contributed by atoms with E-state index in [4.69, 9.17) is 0 Å². The van der Waals surface area contributed by atoms with E-state index >= 15 is 0 Å². The summed E-state index contributed by atoms with van der Waals surface area (Å²) in [5, 5.41) is 0. The molecule has 5 saturated carbocycles. The van der Waals surface area contributed by atoms with Gasteiger partial charge in [-0.3, -0.25) is 0 Å². The lowest BCUT2D eigenvalue weighted by Gasteiger charge is -2.33. The zero-order valence-corrected chi connectivity index (χ0v) is 30.8. The molecular weight excluding hydrogens is 540 g/mol. The lowest BCUT2D eigenvalue weighted by atomic mass is 9.72. The van der Waals surface area contributed by atoms with E-state index in [1.165, 1.54) is 135 Å². The van der Waals surface area contributed by atoms with Crippen molar-refractivity contribution in [2.24, 2.45) is 59.2 Å². The summed E-state index contributed by atoms with van der Waals surface area (Å²) < 4.78 is 0. The summed E-state index contributed by atoms with van der Waals surface area (Å²) in [4.78, 5) is 0. The summed E-state index contributed by atoms with van der Waals surface area (Å²) in [6.45, 7) is 9.68. The normalized spacial score (nSPS) is 37.8. The van der Waals surface area contributed by atoms with Gasteiger partial charge in [-0.1, -0.05) is 161 Å². The van der Waals surface area contributed by atoms with Crippen LogP contribution in [0.1, 0.15) is 187 Å². The zero-order valence-electron chi connectivity index (χ0n) is 30.8. The van der Waals surface area contributed by atoms with E-state index in [0.29, 0.717) is 0 Å². The van der Waals surface area contributed by atoms with Crippen LogP contribution in [-0.2, 0) is 12.8 Å². The highest BCUT2D eigenvalue weighted by atomic mass is 14.3. The zero-order chi connectivity index (χ0) is 31.4. The van der Waals surface area contributed by atoms with Gasteiger partial charge in [0.1, 0.15) is 0 Å². The maximum Gasteiger partial charge on any atom is -0.0250 e. The highest BCUT2D eigenvalue weighted by molar-refractivity contribution is 5.23. The number of benzene rings is 1. The second kappa shape index (κ2) is 18.7. The van der Waals surface area contributed by atoms with Gasteiger partial charge in [0, 0.05) is 0 Å². The summed E-state index contributed by atoms with van der Waals surface area (Å²) >= 11 is 0. The Hall–Kier alpha value is -0.780. The fourth-order valence-corrected chi connectivity index (χ4v) is 10.6. The van der Waals surface area contributed by atoms with Crippen LogP contribution in [0.15, 0.2) is 24.3 Å². The van der Waals surface area contributed by atoms with Crippen LogP contribution in [-0.4, -0.2) is 0 Å². The molecule has 0 amide bonds. The second-order valence-electron chi connectivity index (χ2n) is 18.3. The first-order valence-electron chi connectivity index (χ1n) is 21.0. The summed E-state index contributed by atoms with van der Waals surface area (Å²) in [5.74, 6) is 10.3. The van der Waals surface area contributed by atoms with Gasteiger partial charge in [0.05, 0.1) is 0 Å². The van der Waals surface area contributed by atoms with Crippen LogP contribution >= 0.6 is 0 Å². The van der Waals surface area contributed by atoms with Gasteiger partial charge in [0.25, 0.3) is 0 Å². The van der Waals surface area contributed by atoms with Crippen molar-refractivity contribution in [2.75, 3.05) is 0 Å². The van der Waals surface area contributed by atoms with E-state index in [2.05, 4.69) is 52.0 Å². The molecule has 0 radical (unpaired) electrons. The van der Waals surface area contributed by atoms with Crippen LogP contribution in [0.4, 0.5) is 0 Å². The van der Waals surface area contributed by atoms with Crippen molar-refractivity contribution in [1.29, 1.82) is 0 Å². The first-order chi connectivity index (χ1) is 21.9. The summed E-state index contributed by atoms with van der Waals surface area (Å²) in [6.07, 6.45) is 37.3. The molecule has 1 aromatic rings. The van der Waals surface area contributed by atoms with E-state index in [9.17, 15) is 0 Å². The Balaban J connectivity index is 0.000000211. The monoisotopic (exact) mass is 617 g/mol. The minimum absolute atomic E-state index is 0.944. The highest BCUT2D eigenvalue weighted by Gasteiger charge is 2.27. The molecule has 0 nitrogen and oxygen atoms in total. The molecule has 5 aliphatic carbocycles. The third-order valence-corrected chi connectivity index (χ3v) is 14.3. The van der Waals surface area contributed by atoms with Gasteiger partial charge >= 0.3 is 0 Å². The van der Waals surface area contributed by atoms with E-state index in [-0.39, 0.29) is 0 Å². The van der Waals surface area contributed by atoms with Crippen LogP contribution in [0.25, 0.3) is 0 Å². The largest absolute Gasteiger partial charge is 0.0651 e. The Morgan fingerprint density at radius 3 is 0.911 bits per heavy atom. The molecule has 0 unspecified atom stereocenters. The maximum absolute atomic E-state index is 2.45. The summed E-state index contributed by atoms with van der Waals surface area (Å²) in [7, 11) is 0. The van der Waals surface area contributed by atoms with Gasteiger partial charge in [-0.05, 0) is 122 Å². The Bertz CT molecular complexity index is 888. The molecule has 45 heavy (non-hydrogen) atoms. The number of rotatable bonds is 9. The third kappa shape index (κ3) is 12.3. The SMILES string of the molecule is CC1CCC(Cc2ccc(CC3CCC(CC4CCC(C)CC4)CC3)cc2)CC1.CCC1CCC(CC2CCC(C)CC2)CC1. The molecule has 0 spiro atoms. The van der Waals surface area contributed by atoms with Crippen LogP contribution in [0, 0.1) is 59.2 Å². The predicted molar refractivity (Wildman–Crippen MR) is 198 cm³/mol. The van der Waals surface area contributed by atoms with Crippen molar-refractivity contribution in [3.8, 4) is 0 Å². The fraction of sp³-hybridized carbons (Fsp3) is 0.867. The standard InChI is InChI=1S/C29H46.C16H30/c1-22-3-7-24(8-4-22)19-26-11-15-28(16-12-26)21-29-17-13-27(14-18-29)20-25-9-5-23(2)6-10-25;1-3-14-8-10-16(11-9-14)12-15-6-4-13(2)5-7-15/h11-12,15-16,22-25,27,29H,3-10,13-14,17-21H2,1-2H3;13-16H,3-12H2,1-2H3. The highest BCUT2D eigenvalue weighted by Crippen LogP contribution is 2.40. The molecule has 0 aliphatic heterocycles. The molecule has 0 heterocycles. The van der Waals surface area contributed by atoms with E-state index in [1.807, 2.05) is 0 Å². The molecule has 5 fully saturated rings. The number of hydrogen-bond donors (Lipinski definition) is 0. The average Bonchev–Trinajstić information content (AvgIpc) is 3.07. The van der Waals surface area contributed by atoms with Gasteiger partial charge < -0.3 is 0 Å². The predicted octanol–water partition coefficient (Wildman–Crippen LogP) is 14.0. The summed E-state index contributed by atoms with van der Waals surface area (Å²) in [6, 6.07) is 9.80. The van der Waals surface area contributed by atoms with E-state index in [0.717, 1.165) is 59.2 Å². The Labute approximate surface area is 282 Å². The second-order valence-corrected chi connectivity index (χ2v) is 18.3. The van der Waals surface area contributed by atoms with E-state index < -0.39 is 0 Å². The Kier molecular flexibility index (Phi) is 14.7. The smallest absolute Gasteiger partial charge is 0.0250 e. The third-order valence-electron chi connectivity index (χ3n) is 14.3. The first-order valence-corrected chi connectivity index (χ1v) is 21.0. The molecule has 0 saturated heterocycles. The lowest BCUT2D eigenvalue weighted by molar-refractivity contribution is 0.194. The minimum Gasteiger partial charge on any atom is -0.0651 e. The Morgan fingerprint density at radius 2 is 0.600 bits per heavy atom. The van der Waals surface area contributed by atoms with Crippen molar-refractivity contribution in [3.63, 3.8) is 0 Å². The van der Waals surface area contributed by atoms with Crippen LogP contribution in [0.3, 0.4) is 0 Å². The molecule has 0 aromatic heterocycles. The molecular formula is C45H76. The molecule has 6 rings (SSSR count). The molecule has 0 N–H and O–H groups in total. The average molecular weight is 617 g/mol. The van der Waals surface area contributed by atoms with Gasteiger partial charge in [0.2, 0.25) is 0 Å². The maximum atomic E-state index is 2.45. The van der Waals surface area contributed by atoms with Gasteiger partial charge in [-0.15, -0.1) is 0 Å². The van der Waals surface area contributed by atoms with Crippen molar-refractivity contribution in [1.82, 2.24) is 0 Å². The molecule has 0 heteroatoms. The summed E-state index contributed by atoms with van der Waals surface area (Å²) in [5.41, 5.74) is 3.18. The van der Waals surface area contributed by atoms with Gasteiger partial charge in [-0.2, -0.15) is 0 Å². The molecule has 0 atom stereocenters. The quantitative estimate of drug-likeness (QED) is 0.259. The first kappa shape index (κ1) is 35.5. The van der Waals surface area contributed by atoms with Crippen LogP contribution in [0.2, 0.25) is 0 Å².